The quantitative estimate of drug-likeness (QED) is 0.503. The first-order chi connectivity index (χ1) is 13.9. The predicted octanol–water partition coefficient (Wildman–Crippen LogP) is 4.22. The molecular weight excluding hydrogens is 387 g/mol. The fraction of sp³-hybridized carbons (Fsp3) is 0.350. The van der Waals surface area contributed by atoms with E-state index in [0.717, 1.165) is 0 Å². The Hall–Kier alpha value is -3.10. The van der Waals surface area contributed by atoms with Crippen LogP contribution in [-0.4, -0.2) is 39.5 Å². The minimum atomic E-state index is -4.40. The van der Waals surface area contributed by atoms with E-state index >= 15 is 0 Å². The van der Waals surface area contributed by atoms with E-state index in [2.05, 4.69) is 15.6 Å². The van der Waals surface area contributed by atoms with Crippen molar-refractivity contribution in [1.29, 1.82) is 0 Å². The van der Waals surface area contributed by atoms with E-state index in [9.17, 15) is 13.2 Å². The lowest BCUT2D eigenvalue weighted by Crippen LogP contribution is -2.30. The molecule has 0 aliphatic rings. The summed E-state index contributed by atoms with van der Waals surface area (Å²) >= 11 is 0. The standard InChI is InChI=1S/C20H24F3N3O3/c1-4-24-19(26-15-9-10-17(27-2)18(11-15)28-3)25-12-14-7-5-6-8-16(14)29-13-20(21,22)23/h5-11H,4,12-13H2,1-3H3,(H2,24,25,26). The van der Waals surface area contributed by atoms with Crippen molar-refractivity contribution in [3.05, 3.63) is 48.0 Å². The Kier molecular flexibility index (Phi) is 7.99. The average molecular weight is 411 g/mol. The van der Waals surface area contributed by atoms with Crippen molar-refractivity contribution in [3.63, 3.8) is 0 Å². The highest BCUT2D eigenvalue weighted by molar-refractivity contribution is 5.93. The molecule has 6 nitrogen and oxygen atoms in total. The maximum absolute atomic E-state index is 12.5. The first-order valence-corrected chi connectivity index (χ1v) is 8.91. The number of nitrogens with one attached hydrogen (secondary N) is 2. The average Bonchev–Trinajstić information content (AvgIpc) is 2.70. The van der Waals surface area contributed by atoms with E-state index in [1.165, 1.54) is 6.07 Å². The van der Waals surface area contributed by atoms with Crippen LogP contribution in [0.3, 0.4) is 0 Å². The molecule has 2 N–H and O–H groups in total. The third kappa shape index (κ3) is 7.10. The smallest absolute Gasteiger partial charge is 0.422 e. The zero-order chi connectivity index (χ0) is 21.3. The van der Waals surface area contributed by atoms with Crippen LogP contribution >= 0.6 is 0 Å². The molecule has 0 unspecified atom stereocenters. The number of hydrogen-bond donors (Lipinski definition) is 2. The summed E-state index contributed by atoms with van der Waals surface area (Å²) in [6, 6.07) is 11.8. The van der Waals surface area contributed by atoms with Crippen molar-refractivity contribution in [2.45, 2.75) is 19.6 Å². The second-order valence-electron chi connectivity index (χ2n) is 5.90. The van der Waals surface area contributed by atoms with Crippen LogP contribution in [0.25, 0.3) is 0 Å². The van der Waals surface area contributed by atoms with Gasteiger partial charge >= 0.3 is 6.18 Å². The molecule has 2 aromatic rings. The molecule has 0 aromatic heterocycles. The van der Waals surface area contributed by atoms with Gasteiger partial charge in [0.15, 0.2) is 24.1 Å². The maximum atomic E-state index is 12.5. The van der Waals surface area contributed by atoms with Crippen molar-refractivity contribution in [3.8, 4) is 17.2 Å². The van der Waals surface area contributed by atoms with Gasteiger partial charge in [-0.3, -0.25) is 0 Å². The zero-order valence-electron chi connectivity index (χ0n) is 16.5. The van der Waals surface area contributed by atoms with Crippen LogP contribution in [0.5, 0.6) is 17.2 Å². The minimum absolute atomic E-state index is 0.136. The number of benzene rings is 2. The zero-order valence-corrected chi connectivity index (χ0v) is 16.5. The number of halogens is 3. The third-order valence-corrected chi connectivity index (χ3v) is 3.76. The highest BCUT2D eigenvalue weighted by Gasteiger charge is 2.28. The molecule has 0 radical (unpaired) electrons. The molecule has 2 rings (SSSR count). The molecule has 158 valence electrons. The molecule has 0 spiro atoms. The Morgan fingerprint density at radius 1 is 1.00 bits per heavy atom. The molecule has 0 aliphatic carbocycles. The topological polar surface area (TPSA) is 64.1 Å². The number of methoxy groups -OCH3 is 2. The molecule has 0 saturated carbocycles. The van der Waals surface area contributed by atoms with Crippen molar-refractivity contribution in [2.75, 3.05) is 32.7 Å². The van der Waals surface area contributed by atoms with Crippen LogP contribution in [0.2, 0.25) is 0 Å². The van der Waals surface area contributed by atoms with Crippen molar-refractivity contribution in [1.82, 2.24) is 5.32 Å². The SMILES string of the molecule is CCNC(=NCc1ccccc1OCC(F)(F)F)Nc1ccc(OC)c(OC)c1. The minimum Gasteiger partial charge on any atom is -0.493 e. The van der Waals surface area contributed by atoms with Crippen LogP contribution < -0.4 is 24.8 Å². The third-order valence-electron chi connectivity index (χ3n) is 3.76. The Morgan fingerprint density at radius 3 is 2.38 bits per heavy atom. The fourth-order valence-electron chi connectivity index (χ4n) is 2.46. The van der Waals surface area contributed by atoms with Gasteiger partial charge in [-0.25, -0.2) is 4.99 Å². The monoisotopic (exact) mass is 411 g/mol. The van der Waals surface area contributed by atoms with E-state index in [1.54, 1.807) is 50.6 Å². The number of alkyl halides is 3. The number of rotatable bonds is 8. The second-order valence-corrected chi connectivity index (χ2v) is 5.90. The van der Waals surface area contributed by atoms with Crippen LogP contribution in [0, 0.1) is 0 Å². The number of ether oxygens (including phenoxy) is 3. The van der Waals surface area contributed by atoms with Crippen molar-refractivity contribution >= 4 is 11.6 Å². The van der Waals surface area contributed by atoms with Crippen LogP contribution in [-0.2, 0) is 6.54 Å². The van der Waals surface area contributed by atoms with E-state index in [4.69, 9.17) is 14.2 Å². The summed E-state index contributed by atoms with van der Waals surface area (Å²) in [4.78, 5) is 4.44. The Morgan fingerprint density at radius 2 is 1.72 bits per heavy atom. The van der Waals surface area contributed by atoms with E-state index < -0.39 is 12.8 Å². The molecule has 0 bridgehead atoms. The predicted molar refractivity (Wildman–Crippen MR) is 106 cm³/mol. The molecule has 2 aromatic carbocycles. The summed E-state index contributed by atoms with van der Waals surface area (Å²) in [5.41, 5.74) is 1.25. The molecule has 0 amide bonds. The molecular formula is C20H24F3N3O3. The first kappa shape index (κ1) is 22.2. The molecule has 29 heavy (non-hydrogen) atoms. The van der Waals surface area contributed by atoms with Gasteiger partial charge in [-0.2, -0.15) is 13.2 Å². The van der Waals surface area contributed by atoms with Crippen LogP contribution in [0.15, 0.2) is 47.5 Å². The number of anilines is 1. The van der Waals surface area contributed by atoms with E-state index in [-0.39, 0.29) is 12.3 Å². The number of para-hydroxylation sites is 1. The van der Waals surface area contributed by atoms with Gasteiger partial charge < -0.3 is 24.8 Å². The Bertz CT molecular complexity index is 826. The summed E-state index contributed by atoms with van der Waals surface area (Å²) in [6.45, 7) is 1.30. The lowest BCUT2D eigenvalue weighted by atomic mass is 10.2. The second kappa shape index (κ2) is 10.4. The van der Waals surface area contributed by atoms with Crippen LogP contribution in [0.1, 0.15) is 12.5 Å². The number of guanidine groups is 1. The van der Waals surface area contributed by atoms with Gasteiger partial charge in [0.1, 0.15) is 5.75 Å². The summed E-state index contributed by atoms with van der Waals surface area (Å²) in [6.07, 6.45) is -4.40. The summed E-state index contributed by atoms with van der Waals surface area (Å²) in [7, 11) is 3.09. The number of aliphatic imine (C=N–C) groups is 1. The van der Waals surface area contributed by atoms with Gasteiger partial charge in [0.25, 0.3) is 0 Å². The lowest BCUT2D eigenvalue weighted by Gasteiger charge is -2.15. The van der Waals surface area contributed by atoms with E-state index in [0.29, 0.717) is 35.3 Å². The largest absolute Gasteiger partial charge is 0.493 e. The van der Waals surface area contributed by atoms with Gasteiger partial charge in [-0.1, -0.05) is 18.2 Å². The molecule has 0 atom stereocenters. The van der Waals surface area contributed by atoms with E-state index in [1.807, 2.05) is 6.92 Å². The van der Waals surface area contributed by atoms with Gasteiger partial charge in [0.05, 0.1) is 20.8 Å². The molecule has 0 heterocycles. The van der Waals surface area contributed by atoms with Gasteiger partial charge in [0.2, 0.25) is 0 Å². The van der Waals surface area contributed by atoms with Gasteiger partial charge in [-0.15, -0.1) is 0 Å². The molecule has 0 aliphatic heterocycles. The lowest BCUT2D eigenvalue weighted by molar-refractivity contribution is -0.153. The van der Waals surface area contributed by atoms with Crippen LogP contribution in [0.4, 0.5) is 18.9 Å². The highest BCUT2D eigenvalue weighted by Crippen LogP contribution is 2.29. The summed E-state index contributed by atoms with van der Waals surface area (Å²) < 4.78 is 52.8. The Balaban J connectivity index is 2.16. The molecule has 0 saturated heterocycles. The molecule has 9 heteroatoms. The van der Waals surface area contributed by atoms with Crippen molar-refractivity contribution in [2.24, 2.45) is 4.99 Å². The van der Waals surface area contributed by atoms with Gasteiger partial charge in [-0.05, 0) is 25.1 Å². The maximum Gasteiger partial charge on any atom is 0.422 e. The normalized spacial score (nSPS) is 11.7. The summed E-state index contributed by atoms with van der Waals surface area (Å²) in [5, 5.41) is 6.22. The first-order valence-electron chi connectivity index (χ1n) is 8.91. The number of hydrogen-bond acceptors (Lipinski definition) is 4. The highest BCUT2D eigenvalue weighted by atomic mass is 19.4. The van der Waals surface area contributed by atoms with Crippen molar-refractivity contribution < 1.29 is 27.4 Å². The number of nitrogens with zero attached hydrogens (tertiary/aromatic N) is 1. The fourth-order valence-corrected chi connectivity index (χ4v) is 2.46. The van der Waals surface area contributed by atoms with Gasteiger partial charge in [0, 0.05) is 23.9 Å². The Labute approximate surface area is 167 Å². The molecule has 0 fully saturated rings. The summed E-state index contributed by atoms with van der Waals surface area (Å²) in [5.74, 6) is 1.76.